The van der Waals surface area contributed by atoms with Crippen molar-refractivity contribution in [3.63, 3.8) is 0 Å². The van der Waals surface area contributed by atoms with E-state index < -0.39 is 0 Å². The van der Waals surface area contributed by atoms with E-state index in [0.717, 1.165) is 16.6 Å². The normalized spacial score (nSPS) is 20.4. The lowest BCUT2D eigenvalue weighted by molar-refractivity contribution is 0.182. The van der Waals surface area contributed by atoms with Gasteiger partial charge >= 0.3 is 0 Å². The van der Waals surface area contributed by atoms with Crippen LogP contribution in [0.25, 0.3) is 10.9 Å². The number of aromatic nitrogens is 5. The first kappa shape index (κ1) is 14.7. The molecule has 1 N–H and O–H groups in total. The van der Waals surface area contributed by atoms with Crippen LogP contribution in [0, 0.1) is 6.92 Å². The molecule has 4 heterocycles. The third-order valence-electron chi connectivity index (χ3n) is 4.08. The predicted octanol–water partition coefficient (Wildman–Crippen LogP) is 0.942. The largest absolute Gasteiger partial charge is 0.377 e. The second-order valence-corrected chi connectivity index (χ2v) is 5.73. The van der Waals surface area contributed by atoms with Crippen LogP contribution in [0.2, 0.25) is 0 Å². The molecular weight excluding hydrogens is 308 g/mol. The van der Waals surface area contributed by atoms with E-state index in [2.05, 4.69) is 25.4 Å². The average Bonchev–Trinajstić information content (AvgIpc) is 3.05. The fraction of sp³-hybridized carbons (Fsp3) is 0.312. The molecule has 1 saturated heterocycles. The number of rotatable bonds is 3. The zero-order valence-corrected chi connectivity index (χ0v) is 13.1. The molecule has 1 aliphatic heterocycles. The minimum absolute atomic E-state index is 0.108. The van der Waals surface area contributed by atoms with Crippen molar-refractivity contribution >= 4 is 16.7 Å². The number of aryl methyl sites for hydroxylation is 1. The van der Waals surface area contributed by atoms with Crippen LogP contribution >= 0.6 is 0 Å². The van der Waals surface area contributed by atoms with Gasteiger partial charge in [-0.1, -0.05) is 0 Å². The lowest BCUT2D eigenvalue weighted by atomic mass is 10.1. The molecule has 8 nitrogen and oxygen atoms in total. The number of nitrogens with one attached hydrogen (secondary N) is 1. The van der Waals surface area contributed by atoms with Gasteiger partial charge in [0.2, 0.25) is 0 Å². The molecule has 2 atom stereocenters. The highest BCUT2D eigenvalue weighted by Crippen LogP contribution is 2.24. The molecule has 0 radical (unpaired) electrons. The number of hydrogen-bond acceptors (Lipinski definition) is 7. The lowest BCUT2D eigenvalue weighted by Crippen LogP contribution is -2.37. The van der Waals surface area contributed by atoms with Gasteiger partial charge in [0.05, 0.1) is 36.7 Å². The summed E-state index contributed by atoms with van der Waals surface area (Å²) >= 11 is 0. The minimum atomic E-state index is -0.191. The highest BCUT2D eigenvalue weighted by molar-refractivity contribution is 5.88. The number of fused-ring (bicyclic) bond motifs is 1. The van der Waals surface area contributed by atoms with E-state index in [1.807, 2.05) is 13.0 Å². The van der Waals surface area contributed by atoms with E-state index in [0.29, 0.717) is 19.0 Å². The van der Waals surface area contributed by atoms with Gasteiger partial charge in [0.1, 0.15) is 18.2 Å². The van der Waals surface area contributed by atoms with Gasteiger partial charge in [-0.2, -0.15) is 5.10 Å². The molecule has 3 aromatic heterocycles. The Morgan fingerprint density at radius 3 is 3.08 bits per heavy atom. The summed E-state index contributed by atoms with van der Waals surface area (Å²) in [5.41, 5.74) is 1.41. The average molecular weight is 324 g/mol. The Morgan fingerprint density at radius 1 is 1.25 bits per heavy atom. The molecule has 0 amide bonds. The molecule has 0 saturated carbocycles. The van der Waals surface area contributed by atoms with Crippen LogP contribution in [0.5, 0.6) is 0 Å². The Balaban J connectivity index is 1.68. The van der Waals surface area contributed by atoms with Crippen LogP contribution in [0.1, 0.15) is 11.7 Å². The number of anilines is 1. The Kier molecular flexibility index (Phi) is 3.66. The van der Waals surface area contributed by atoms with E-state index in [4.69, 9.17) is 4.74 Å². The molecule has 24 heavy (non-hydrogen) atoms. The van der Waals surface area contributed by atoms with Gasteiger partial charge < -0.3 is 10.1 Å². The van der Waals surface area contributed by atoms with Crippen molar-refractivity contribution in [3.8, 4) is 0 Å². The van der Waals surface area contributed by atoms with Crippen LogP contribution in [-0.2, 0) is 4.74 Å². The Hall–Kier alpha value is -2.87. The van der Waals surface area contributed by atoms with Gasteiger partial charge in [0.25, 0.3) is 5.56 Å². The quantitative estimate of drug-likeness (QED) is 0.766. The van der Waals surface area contributed by atoms with Crippen LogP contribution in [0.15, 0.2) is 41.7 Å². The first-order valence-electron chi connectivity index (χ1n) is 7.68. The summed E-state index contributed by atoms with van der Waals surface area (Å²) < 4.78 is 7.08. The number of ether oxygens (including phenoxy) is 1. The first-order valence-corrected chi connectivity index (χ1v) is 7.68. The molecule has 1 fully saturated rings. The monoisotopic (exact) mass is 324 g/mol. The second-order valence-electron chi connectivity index (χ2n) is 5.73. The van der Waals surface area contributed by atoms with Gasteiger partial charge in [-0.15, -0.1) is 0 Å². The van der Waals surface area contributed by atoms with Gasteiger partial charge in [-0.05, 0) is 19.1 Å². The molecule has 8 heteroatoms. The topological polar surface area (TPSA) is 94.8 Å². The maximum Gasteiger partial charge on any atom is 0.267 e. The smallest absolute Gasteiger partial charge is 0.267 e. The molecule has 122 valence electrons. The van der Waals surface area contributed by atoms with E-state index in [1.165, 1.54) is 17.1 Å². The summed E-state index contributed by atoms with van der Waals surface area (Å²) in [4.78, 5) is 24.8. The summed E-state index contributed by atoms with van der Waals surface area (Å²) in [6, 6.07) is 4.80. The zero-order chi connectivity index (χ0) is 16.5. The molecule has 0 bridgehead atoms. The molecule has 1 aliphatic rings. The number of hydrogen-bond donors (Lipinski definition) is 1. The molecule has 0 spiro atoms. The highest BCUT2D eigenvalue weighted by Gasteiger charge is 2.32. The highest BCUT2D eigenvalue weighted by atomic mass is 16.5. The van der Waals surface area contributed by atoms with Crippen LogP contribution in [0.4, 0.5) is 5.82 Å². The number of nitrogens with zero attached hydrogens (tertiary/aromatic N) is 5. The lowest BCUT2D eigenvalue weighted by Gasteiger charge is -2.21. The minimum Gasteiger partial charge on any atom is -0.377 e. The summed E-state index contributed by atoms with van der Waals surface area (Å²) in [5, 5.41) is 8.60. The number of pyridine rings is 1. The fourth-order valence-corrected chi connectivity index (χ4v) is 2.88. The first-order chi connectivity index (χ1) is 11.7. The molecule has 4 rings (SSSR count). The van der Waals surface area contributed by atoms with E-state index in [-0.39, 0.29) is 17.6 Å². The van der Waals surface area contributed by atoms with Crippen molar-refractivity contribution in [2.75, 3.05) is 18.5 Å². The molecular formula is C16H16N6O2. The Bertz CT molecular complexity index is 936. The van der Waals surface area contributed by atoms with Crippen molar-refractivity contribution in [2.45, 2.75) is 19.0 Å². The van der Waals surface area contributed by atoms with E-state index >= 15 is 0 Å². The van der Waals surface area contributed by atoms with Crippen molar-refractivity contribution in [2.24, 2.45) is 0 Å². The summed E-state index contributed by atoms with van der Waals surface area (Å²) in [5.74, 6) is 0.698. The predicted molar refractivity (Wildman–Crippen MR) is 87.8 cm³/mol. The Labute approximate surface area is 137 Å². The van der Waals surface area contributed by atoms with Crippen LogP contribution in [-0.4, -0.2) is 44.0 Å². The van der Waals surface area contributed by atoms with Crippen LogP contribution in [0.3, 0.4) is 0 Å². The van der Waals surface area contributed by atoms with Gasteiger partial charge in [0.15, 0.2) is 0 Å². The van der Waals surface area contributed by atoms with Crippen molar-refractivity contribution in [1.82, 2.24) is 24.7 Å². The van der Waals surface area contributed by atoms with Gasteiger partial charge in [0, 0.05) is 17.6 Å². The fourth-order valence-electron chi connectivity index (χ4n) is 2.88. The van der Waals surface area contributed by atoms with Crippen LogP contribution < -0.4 is 10.9 Å². The third-order valence-corrected chi connectivity index (χ3v) is 4.08. The SMILES string of the molecule is Cc1ccc(=O)n(C2COCC2Nc2ncnc3cnccc23)n1. The molecule has 0 aromatic carbocycles. The summed E-state index contributed by atoms with van der Waals surface area (Å²) in [6.07, 6.45) is 4.89. The second kappa shape index (κ2) is 5.97. The van der Waals surface area contributed by atoms with Crippen molar-refractivity contribution in [1.29, 1.82) is 0 Å². The maximum atomic E-state index is 12.2. The maximum absolute atomic E-state index is 12.2. The molecule has 2 unspecified atom stereocenters. The summed E-state index contributed by atoms with van der Waals surface area (Å²) in [6.45, 7) is 2.76. The van der Waals surface area contributed by atoms with Gasteiger partial charge in [-0.3, -0.25) is 9.78 Å². The summed E-state index contributed by atoms with van der Waals surface area (Å²) in [7, 11) is 0. The van der Waals surface area contributed by atoms with E-state index in [1.54, 1.807) is 18.5 Å². The van der Waals surface area contributed by atoms with Gasteiger partial charge in [-0.25, -0.2) is 14.6 Å². The van der Waals surface area contributed by atoms with Crippen molar-refractivity contribution < 1.29 is 4.74 Å². The zero-order valence-electron chi connectivity index (χ0n) is 13.1. The third kappa shape index (κ3) is 2.61. The standard InChI is InChI=1S/C16H16N6O2/c1-10-2-3-15(23)22(21-10)14-8-24-7-13(14)20-16-11-4-5-17-6-12(11)18-9-19-16/h2-6,9,13-14H,7-8H2,1H3,(H,18,19,20). The van der Waals surface area contributed by atoms with Crippen molar-refractivity contribution in [3.05, 3.63) is 53.0 Å². The molecule has 3 aromatic rings. The molecule has 0 aliphatic carbocycles. The van der Waals surface area contributed by atoms with E-state index in [9.17, 15) is 4.79 Å². The Morgan fingerprint density at radius 2 is 2.17 bits per heavy atom.